The Labute approximate surface area is 160 Å². The average molecular weight is 378 g/mol. The third-order valence-corrected chi connectivity index (χ3v) is 5.43. The molecule has 136 valence electrons. The molecule has 2 heterocycles. The first-order valence-electron chi connectivity index (χ1n) is 8.39. The predicted molar refractivity (Wildman–Crippen MR) is 108 cm³/mol. The van der Waals surface area contributed by atoms with Crippen LogP contribution in [0.15, 0.2) is 54.6 Å². The number of methoxy groups -OCH3 is 1. The minimum Gasteiger partial charge on any atom is -0.497 e. The number of nitrogen functional groups attached to an aromatic ring is 1. The third kappa shape index (κ3) is 3.50. The number of nitrogens with two attached hydrogens (primary N) is 1. The summed E-state index contributed by atoms with van der Waals surface area (Å²) in [6.45, 7) is 0.445. The predicted octanol–water partition coefficient (Wildman–Crippen LogP) is 3.81. The van der Waals surface area contributed by atoms with E-state index in [1.807, 2.05) is 54.6 Å². The monoisotopic (exact) mass is 378 g/mol. The molecule has 0 aliphatic heterocycles. The van der Waals surface area contributed by atoms with E-state index in [9.17, 15) is 4.79 Å². The van der Waals surface area contributed by atoms with E-state index < -0.39 is 0 Å². The van der Waals surface area contributed by atoms with Crippen molar-refractivity contribution in [1.82, 2.24) is 15.5 Å². The number of hydrogen-bond donors (Lipinski definition) is 3. The van der Waals surface area contributed by atoms with Crippen LogP contribution in [0.25, 0.3) is 21.3 Å². The van der Waals surface area contributed by atoms with Gasteiger partial charge >= 0.3 is 0 Å². The van der Waals surface area contributed by atoms with Gasteiger partial charge in [0, 0.05) is 16.8 Å². The summed E-state index contributed by atoms with van der Waals surface area (Å²) in [6, 6.07) is 17.3. The number of aromatic nitrogens is 2. The molecule has 4 rings (SSSR count). The number of anilines is 1. The normalized spacial score (nSPS) is 10.9. The molecule has 4 aromatic rings. The molecular weight excluding hydrogens is 360 g/mol. The molecule has 2 aromatic carbocycles. The number of nitrogens with one attached hydrogen (secondary N) is 2. The SMILES string of the molecule is COc1cccc(CNC(=O)c2ccc(-c3ccc4[nH]nc(N)c4c3)s2)c1. The number of amides is 1. The van der Waals surface area contributed by atoms with Crippen molar-refractivity contribution < 1.29 is 9.53 Å². The summed E-state index contributed by atoms with van der Waals surface area (Å²) in [6.07, 6.45) is 0. The van der Waals surface area contributed by atoms with E-state index in [4.69, 9.17) is 10.5 Å². The van der Waals surface area contributed by atoms with Crippen molar-refractivity contribution in [3.8, 4) is 16.2 Å². The number of thiophene rings is 1. The van der Waals surface area contributed by atoms with Gasteiger partial charge in [-0.3, -0.25) is 9.89 Å². The molecule has 0 atom stereocenters. The van der Waals surface area contributed by atoms with Crippen molar-refractivity contribution in [1.29, 1.82) is 0 Å². The van der Waals surface area contributed by atoms with Gasteiger partial charge in [0.25, 0.3) is 5.91 Å². The third-order valence-electron chi connectivity index (χ3n) is 4.29. The molecule has 0 radical (unpaired) electrons. The van der Waals surface area contributed by atoms with Gasteiger partial charge in [0.05, 0.1) is 17.5 Å². The number of hydrogen-bond acceptors (Lipinski definition) is 5. The Balaban J connectivity index is 1.49. The first-order chi connectivity index (χ1) is 13.1. The van der Waals surface area contributed by atoms with Crippen molar-refractivity contribution >= 4 is 34.0 Å². The number of H-pyrrole nitrogens is 1. The van der Waals surface area contributed by atoms with Gasteiger partial charge in [-0.15, -0.1) is 11.3 Å². The summed E-state index contributed by atoms with van der Waals surface area (Å²) in [4.78, 5) is 14.1. The van der Waals surface area contributed by atoms with Gasteiger partial charge in [-0.25, -0.2) is 0 Å². The van der Waals surface area contributed by atoms with Crippen LogP contribution in [0.5, 0.6) is 5.75 Å². The maximum Gasteiger partial charge on any atom is 0.261 e. The fourth-order valence-electron chi connectivity index (χ4n) is 2.85. The molecule has 4 N–H and O–H groups in total. The lowest BCUT2D eigenvalue weighted by Crippen LogP contribution is -2.21. The van der Waals surface area contributed by atoms with Crippen LogP contribution in [0.3, 0.4) is 0 Å². The van der Waals surface area contributed by atoms with Crippen LogP contribution in [0.2, 0.25) is 0 Å². The second-order valence-electron chi connectivity index (χ2n) is 6.07. The Bertz CT molecular complexity index is 1120. The van der Waals surface area contributed by atoms with E-state index in [0.717, 1.165) is 32.7 Å². The highest BCUT2D eigenvalue weighted by Gasteiger charge is 2.12. The van der Waals surface area contributed by atoms with Crippen LogP contribution in [-0.2, 0) is 6.54 Å². The van der Waals surface area contributed by atoms with Crippen LogP contribution in [0.1, 0.15) is 15.2 Å². The largest absolute Gasteiger partial charge is 0.497 e. The number of carbonyl (C=O) groups excluding carboxylic acids is 1. The molecule has 27 heavy (non-hydrogen) atoms. The first-order valence-corrected chi connectivity index (χ1v) is 9.20. The minimum absolute atomic E-state index is 0.0991. The van der Waals surface area contributed by atoms with Crippen molar-refractivity contribution in [2.24, 2.45) is 0 Å². The van der Waals surface area contributed by atoms with Crippen LogP contribution < -0.4 is 15.8 Å². The molecule has 1 amide bonds. The average Bonchev–Trinajstić information content (AvgIpc) is 3.33. The standard InChI is InChI=1S/C20H18N4O2S/c1-26-14-4-2-3-12(9-14)11-22-20(25)18-8-7-17(27-18)13-5-6-16-15(10-13)19(21)24-23-16/h2-10H,11H2,1H3,(H,22,25)(H3,21,23,24). The van der Waals surface area contributed by atoms with Gasteiger partial charge in [0.2, 0.25) is 0 Å². The topological polar surface area (TPSA) is 93.0 Å². The number of aromatic amines is 1. The second kappa shape index (κ2) is 7.13. The van der Waals surface area contributed by atoms with Crippen LogP contribution in [0.4, 0.5) is 5.82 Å². The molecule has 7 heteroatoms. The number of nitrogens with zero attached hydrogens (tertiary/aromatic N) is 1. The van der Waals surface area contributed by atoms with Gasteiger partial charge in [0.15, 0.2) is 5.82 Å². The zero-order valence-electron chi connectivity index (χ0n) is 14.7. The first kappa shape index (κ1) is 17.1. The van der Waals surface area contributed by atoms with E-state index in [1.54, 1.807) is 7.11 Å². The molecule has 0 fully saturated rings. The number of rotatable bonds is 5. The molecular formula is C20H18N4O2S. The van der Waals surface area contributed by atoms with E-state index >= 15 is 0 Å². The zero-order chi connectivity index (χ0) is 18.8. The Morgan fingerprint density at radius 1 is 1.22 bits per heavy atom. The molecule has 6 nitrogen and oxygen atoms in total. The highest BCUT2D eigenvalue weighted by atomic mass is 32.1. The molecule has 0 aliphatic rings. The van der Waals surface area contributed by atoms with Gasteiger partial charge in [0.1, 0.15) is 5.75 Å². The summed E-state index contributed by atoms with van der Waals surface area (Å²) < 4.78 is 5.21. The number of carbonyl (C=O) groups is 1. The lowest BCUT2D eigenvalue weighted by Gasteiger charge is -2.06. The summed E-state index contributed by atoms with van der Waals surface area (Å²) in [5, 5.41) is 10.7. The van der Waals surface area contributed by atoms with Crippen molar-refractivity contribution in [3.05, 3.63) is 65.0 Å². The van der Waals surface area contributed by atoms with E-state index in [0.29, 0.717) is 17.2 Å². The summed E-state index contributed by atoms with van der Waals surface area (Å²) >= 11 is 1.45. The number of ether oxygens (including phenoxy) is 1. The maximum absolute atomic E-state index is 12.5. The van der Waals surface area contributed by atoms with E-state index in [2.05, 4.69) is 15.5 Å². The van der Waals surface area contributed by atoms with Gasteiger partial charge in [-0.2, -0.15) is 5.10 Å². The van der Waals surface area contributed by atoms with Crippen molar-refractivity contribution in [2.45, 2.75) is 6.54 Å². The van der Waals surface area contributed by atoms with Crippen molar-refractivity contribution in [3.63, 3.8) is 0 Å². The second-order valence-corrected chi connectivity index (χ2v) is 7.15. The number of fused-ring (bicyclic) bond motifs is 1. The van der Waals surface area contributed by atoms with E-state index in [-0.39, 0.29) is 5.91 Å². The molecule has 0 saturated carbocycles. The molecule has 0 saturated heterocycles. The maximum atomic E-state index is 12.5. The van der Waals surface area contributed by atoms with Gasteiger partial charge < -0.3 is 15.8 Å². The van der Waals surface area contributed by atoms with E-state index in [1.165, 1.54) is 11.3 Å². The summed E-state index contributed by atoms with van der Waals surface area (Å²) in [7, 11) is 1.62. The van der Waals surface area contributed by atoms with Gasteiger partial charge in [-0.1, -0.05) is 18.2 Å². The molecule has 0 spiro atoms. The Morgan fingerprint density at radius 3 is 2.96 bits per heavy atom. The summed E-state index contributed by atoms with van der Waals surface area (Å²) in [5.41, 5.74) is 8.77. The quantitative estimate of drug-likeness (QED) is 0.492. The fourth-order valence-corrected chi connectivity index (χ4v) is 3.77. The highest BCUT2D eigenvalue weighted by molar-refractivity contribution is 7.17. The zero-order valence-corrected chi connectivity index (χ0v) is 15.5. The summed E-state index contributed by atoms with van der Waals surface area (Å²) in [5.74, 6) is 1.15. The highest BCUT2D eigenvalue weighted by Crippen LogP contribution is 2.31. The van der Waals surface area contributed by atoms with Crippen LogP contribution in [-0.4, -0.2) is 23.2 Å². The van der Waals surface area contributed by atoms with Crippen LogP contribution in [0, 0.1) is 0 Å². The smallest absolute Gasteiger partial charge is 0.261 e. The molecule has 0 unspecified atom stereocenters. The Hall–Kier alpha value is -3.32. The lowest BCUT2D eigenvalue weighted by molar-refractivity contribution is 0.0955. The van der Waals surface area contributed by atoms with Crippen LogP contribution >= 0.6 is 11.3 Å². The Morgan fingerprint density at radius 2 is 2.11 bits per heavy atom. The Kier molecular flexibility index (Phi) is 4.52. The lowest BCUT2D eigenvalue weighted by atomic mass is 10.1. The minimum atomic E-state index is -0.0991. The molecule has 0 aliphatic carbocycles. The fraction of sp³-hybridized carbons (Fsp3) is 0.100. The molecule has 2 aromatic heterocycles. The van der Waals surface area contributed by atoms with Crippen molar-refractivity contribution in [2.75, 3.05) is 12.8 Å². The molecule has 0 bridgehead atoms. The van der Waals surface area contributed by atoms with Gasteiger partial charge in [-0.05, 0) is 47.5 Å². The number of benzene rings is 2.